The predicted octanol–water partition coefficient (Wildman–Crippen LogP) is 4.31. The van der Waals surface area contributed by atoms with E-state index in [9.17, 15) is 4.39 Å². The van der Waals surface area contributed by atoms with Gasteiger partial charge in [0.1, 0.15) is 6.61 Å². The van der Waals surface area contributed by atoms with Crippen LogP contribution >= 0.6 is 11.6 Å². The van der Waals surface area contributed by atoms with Gasteiger partial charge in [0.25, 0.3) is 0 Å². The summed E-state index contributed by atoms with van der Waals surface area (Å²) < 4.78 is 21.1. The smallest absolute Gasteiger partial charge is 0.165 e. The van der Waals surface area contributed by atoms with Crippen molar-refractivity contribution in [3.63, 3.8) is 0 Å². The number of nitrogens with zero attached hydrogens (tertiary/aromatic N) is 2. The monoisotopic (exact) mass is 296 g/mol. The van der Waals surface area contributed by atoms with Crippen LogP contribution in [-0.2, 0) is 12.5 Å². The maximum absolute atomic E-state index is 13.7. The summed E-state index contributed by atoms with van der Waals surface area (Å²) in [6, 6.07) is 6.97. The van der Waals surface area contributed by atoms with E-state index in [1.807, 2.05) is 16.9 Å². The van der Waals surface area contributed by atoms with Crippen LogP contribution in [0, 0.1) is 5.82 Å². The molecule has 3 nitrogen and oxygen atoms in total. The molecule has 0 aliphatic rings. The molecule has 20 heavy (non-hydrogen) atoms. The standard InChI is InChI=1S/C15H18ClFN2O/c1-3-11(2)19-8-7-13(18-19)10-20-15-12(9-16)5-4-6-14(15)17/h4-8,11H,3,9-10H2,1-2H3. The minimum atomic E-state index is -0.399. The van der Waals surface area contributed by atoms with Crippen LogP contribution in [0.5, 0.6) is 5.75 Å². The van der Waals surface area contributed by atoms with E-state index < -0.39 is 5.82 Å². The molecule has 0 bridgehead atoms. The Bertz CT molecular complexity index is 571. The van der Waals surface area contributed by atoms with E-state index in [-0.39, 0.29) is 18.2 Å². The fourth-order valence-electron chi connectivity index (χ4n) is 1.85. The van der Waals surface area contributed by atoms with Crippen molar-refractivity contribution in [2.75, 3.05) is 0 Å². The van der Waals surface area contributed by atoms with Gasteiger partial charge in [-0.05, 0) is 25.5 Å². The van der Waals surface area contributed by atoms with Gasteiger partial charge in [-0.1, -0.05) is 19.1 Å². The SMILES string of the molecule is CCC(C)n1ccc(COc2c(F)cccc2CCl)n1. The minimum absolute atomic E-state index is 0.209. The Morgan fingerprint density at radius 2 is 2.20 bits per heavy atom. The van der Waals surface area contributed by atoms with Crippen molar-refractivity contribution in [3.05, 3.63) is 47.5 Å². The van der Waals surface area contributed by atoms with Gasteiger partial charge in [-0.3, -0.25) is 4.68 Å². The Hall–Kier alpha value is -1.55. The Balaban J connectivity index is 2.07. The summed E-state index contributed by atoms with van der Waals surface area (Å²) in [5, 5.41) is 4.42. The van der Waals surface area contributed by atoms with Crippen LogP contribution in [0.3, 0.4) is 0 Å². The Labute approximate surface area is 123 Å². The van der Waals surface area contributed by atoms with Gasteiger partial charge < -0.3 is 4.74 Å². The van der Waals surface area contributed by atoms with Crippen molar-refractivity contribution < 1.29 is 9.13 Å². The Morgan fingerprint density at radius 1 is 1.40 bits per heavy atom. The van der Waals surface area contributed by atoms with Crippen molar-refractivity contribution in [1.82, 2.24) is 9.78 Å². The lowest BCUT2D eigenvalue weighted by atomic mass is 10.2. The van der Waals surface area contributed by atoms with Crippen LogP contribution in [0.2, 0.25) is 0 Å². The molecule has 1 heterocycles. The number of benzene rings is 1. The van der Waals surface area contributed by atoms with Crippen molar-refractivity contribution in [2.24, 2.45) is 0 Å². The van der Waals surface area contributed by atoms with Gasteiger partial charge in [-0.2, -0.15) is 5.10 Å². The normalized spacial score (nSPS) is 12.4. The highest BCUT2D eigenvalue weighted by Crippen LogP contribution is 2.25. The number of hydrogen-bond donors (Lipinski definition) is 0. The van der Waals surface area contributed by atoms with Crippen LogP contribution in [0.1, 0.15) is 37.6 Å². The van der Waals surface area contributed by atoms with Crippen molar-refractivity contribution >= 4 is 11.6 Å². The van der Waals surface area contributed by atoms with E-state index in [0.29, 0.717) is 11.6 Å². The molecule has 108 valence electrons. The zero-order valence-electron chi connectivity index (χ0n) is 11.6. The van der Waals surface area contributed by atoms with Gasteiger partial charge in [0.05, 0.1) is 11.6 Å². The van der Waals surface area contributed by atoms with Gasteiger partial charge in [0.15, 0.2) is 11.6 Å². The number of para-hydroxylation sites is 1. The van der Waals surface area contributed by atoms with E-state index in [1.54, 1.807) is 12.1 Å². The largest absolute Gasteiger partial charge is 0.484 e. The molecule has 0 radical (unpaired) electrons. The van der Waals surface area contributed by atoms with Crippen molar-refractivity contribution in [1.29, 1.82) is 0 Å². The zero-order valence-corrected chi connectivity index (χ0v) is 12.4. The molecular formula is C15H18ClFN2O. The average Bonchev–Trinajstić information content (AvgIpc) is 2.93. The molecule has 2 aromatic rings. The molecule has 1 unspecified atom stereocenters. The van der Waals surface area contributed by atoms with Gasteiger partial charge >= 0.3 is 0 Å². The maximum atomic E-state index is 13.7. The first-order valence-corrected chi connectivity index (χ1v) is 7.19. The first-order chi connectivity index (χ1) is 9.65. The number of hydrogen-bond acceptors (Lipinski definition) is 2. The third-order valence-electron chi connectivity index (χ3n) is 3.26. The highest BCUT2D eigenvalue weighted by molar-refractivity contribution is 6.17. The van der Waals surface area contributed by atoms with E-state index in [1.165, 1.54) is 6.07 Å². The van der Waals surface area contributed by atoms with Gasteiger partial charge in [0, 0.05) is 17.8 Å². The Morgan fingerprint density at radius 3 is 2.90 bits per heavy atom. The summed E-state index contributed by atoms with van der Waals surface area (Å²) in [6.45, 7) is 4.43. The maximum Gasteiger partial charge on any atom is 0.165 e. The second-order valence-electron chi connectivity index (χ2n) is 4.69. The molecule has 0 fully saturated rings. The molecule has 0 saturated carbocycles. The topological polar surface area (TPSA) is 27.1 Å². The Kier molecular flexibility index (Phi) is 5.01. The summed E-state index contributed by atoms with van der Waals surface area (Å²) in [5.74, 6) is 0.0269. The number of alkyl halides is 1. The molecular weight excluding hydrogens is 279 g/mol. The molecule has 0 N–H and O–H groups in total. The number of rotatable bonds is 6. The molecule has 5 heteroatoms. The first-order valence-electron chi connectivity index (χ1n) is 6.65. The third kappa shape index (κ3) is 3.31. The van der Waals surface area contributed by atoms with Crippen molar-refractivity contribution in [3.8, 4) is 5.75 Å². The predicted molar refractivity (Wildman–Crippen MR) is 77.5 cm³/mol. The highest BCUT2D eigenvalue weighted by Gasteiger charge is 2.11. The number of halogens is 2. The van der Waals surface area contributed by atoms with E-state index in [4.69, 9.17) is 16.3 Å². The van der Waals surface area contributed by atoms with Gasteiger partial charge in [0.2, 0.25) is 0 Å². The van der Waals surface area contributed by atoms with Crippen LogP contribution in [0.15, 0.2) is 30.5 Å². The van der Waals surface area contributed by atoms with E-state index in [0.717, 1.165) is 12.1 Å². The summed E-state index contributed by atoms with van der Waals surface area (Å²) in [7, 11) is 0. The van der Waals surface area contributed by atoms with Crippen LogP contribution in [-0.4, -0.2) is 9.78 Å². The van der Waals surface area contributed by atoms with Crippen molar-refractivity contribution in [2.45, 2.75) is 38.8 Å². The van der Waals surface area contributed by atoms with Gasteiger partial charge in [-0.25, -0.2) is 4.39 Å². The molecule has 0 spiro atoms. The third-order valence-corrected chi connectivity index (χ3v) is 3.55. The summed E-state index contributed by atoms with van der Waals surface area (Å²) in [5.41, 5.74) is 1.42. The quantitative estimate of drug-likeness (QED) is 0.743. The average molecular weight is 297 g/mol. The lowest BCUT2D eigenvalue weighted by Gasteiger charge is -2.10. The van der Waals surface area contributed by atoms with E-state index in [2.05, 4.69) is 18.9 Å². The summed E-state index contributed by atoms with van der Waals surface area (Å²) in [4.78, 5) is 0. The molecule has 1 aromatic carbocycles. The lowest BCUT2D eigenvalue weighted by molar-refractivity contribution is 0.281. The highest BCUT2D eigenvalue weighted by atomic mass is 35.5. The first kappa shape index (κ1) is 14.9. The number of ether oxygens (including phenoxy) is 1. The fraction of sp³-hybridized carbons (Fsp3) is 0.400. The van der Waals surface area contributed by atoms with Crippen LogP contribution in [0.4, 0.5) is 4.39 Å². The van der Waals surface area contributed by atoms with Crippen LogP contribution in [0.25, 0.3) is 0 Å². The van der Waals surface area contributed by atoms with E-state index >= 15 is 0 Å². The lowest BCUT2D eigenvalue weighted by Crippen LogP contribution is -2.06. The second-order valence-corrected chi connectivity index (χ2v) is 4.96. The minimum Gasteiger partial charge on any atom is -0.484 e. The summed E-state index contributed by atoms with van der Waals surface area (Å²) in [6.07, 6.45) is 2.92. The molecule has 2 rings (SSSR count). The van der Waals surface area contributed by atoms with Crippen LogP contribution < -0.4 is 4.74 Å². The molecule has 0 aliphatic heterocycles. The molecule has 1 atom stereocenters. The summed E-state index contributed by atoms with van der Waals surface area (Å²) >= 11 is 5.78. The van der Waals surface area contributed by atoms with Gasteiger partial charge in [-0.15, -0.1) is 11.6 Å². The zero-order chi connectivity index (χ0) is 14.5. The molecule has 0 aliphatic carbocycles. The second kappa shape index (κ2) is 6.75. The molecule has 1 aromatic heterocycles. The fourth-order valence-corrected chi connectivity index (χ4v) is 2.06. The number of aromatic nitrogens is 2. The molecule has 0 saturated heterocycles. The molecule has 0 amide bonds.